The molecule has 0 aliphatic carbocycles. The minimum absolute atomic E-state index is 0.277. The molecule has 2 fully saturated rings. The summed E-state index contributed by atoms with van der Waals surface area (Å²) in [7, 11) is -1.04. The van der Waals surface area contributed by atoms with E-state index in [9.17, 15) is 0 Å². The van der Waals surface area contributed by atoms with Crippen LogP contribution in [0.3, 0.4) is 0 Å². The maximum absolute atomic E-state index is 6.62. The lowest BCUT2D eigenvalue weighted by atomic mass is 9.49. The van der Waals surface area contributed by atoms with E-state index < -0.39 is 36.6 Å². The molecule has 3 heterocycles. The minimum Gasteiger partial charge on any atom is -0.403 e. The molecule has 0 spiro atoms. The van der Waals surface area contributed by atoms with Crippen molar-refractivity contribution in [3.63, 3.8) is 0 Å². The molecular formula is C31H37B2NO4. The van der Waals surface area contributed by atoms with Gasteiger partial charge in [0, 0.05) is 16.5 Å². The van der Waals surface area contributed by atoms with Crippen molar-refractivity contribution in [2.75, 3.05) is 0 Å². The molecule has 4 aromatic rings. The highest BCUT2D eigenvalue weighted by molar-refractivity contribution is 6.68. The normalized spacial score (nSPS) is 21.7. The first-order valence-corrected chi connectivity index (χ1v) is 13.6. The molecule has 196 valence electrons. The van der Waals surface area contributed by atoms with Gasteiger partial charge in [0.05, 0.1) is 39.2 Å². The van der Waals surface area contributed by atoms with Gasteiger partial charge in [0.2, 0.25) is 0 Å². The number of para-hydroxylation sites is 2. The Morgan fingerprint density at radius 1 is 0.553 bits per heavy atom. The number of hydrogen-bond donors (Lipinski definition) is 0. The van der Waals surface area contributed by atoms with Crippen molar-refractivity contribution >= 4 is 36.0 Å². The fourth-order valence-corrected chi connectivity index (χ4v) is 5.57. The van der Waals surface area contributed by atoms with Crippen LogP contribution in [-0.4, -0.2) is 41.2 Å². The molecule has 1 aromatic heterocycles. The summed E-state index contributed by atoms with van der Waals surface area (Å²) in [5.41, 5.74) is 2.40. The van der Waals surface area contributed by atoms with E-state index >= 15 is 0 Å². The molecular weight excluding hydrogens is 472 g/mol. The summed E-state index contributed by atoms with van der Waals surface area (Å²) >= 11 is 0. The number of hydrogen-bond acceptors (Lipinski definition) is 4. The Kier molecular flexibility index (Phi) is 5.72. The van der Waals surface area contributed by atoms with Crippen molar-refractivity contribution in [2.45, 2.75) is 83.5 Å². The molecule has 0 amide bonds. The van der Waals surface area contributed by atoms with E-state index in [1.807, 2.05) is 0 Å². The molecule has 3 aromatic carbocycles. The highest BCUT2D eigenvalue weighted by atomic mass is 16.7. The fraction of sp³-hybridized carbons (Fsp3) is 0.419. The number of aromatic nitrogens is 1. The van der Waals surface area contributed by atoms with E-state index in [0.29, 0.717) is 0 Å². The largest absolute Gasteiger partial charge is 0.463 e. The Morgan fingerprint density at radius 3 is 1.58 bits per heavy atom. The summed E-state index contributed by atoms with van der Waals surface area (Å²) in [6, 6.07) is 25.8. The Bertz CT molecular complexity index is 1440. The van der Waals surface area contributed by atoms with Crippen molar-refractivity contribution in [1.82, 2.24) is 4.57 Å². The van der Waals surface area contributed by atoms with Crippen LogP contribution < -0.4 is 0 Å². The third kappa shape index (κ3) is 3.86. The first-order chi connectivity index (χ1) is 17.8. The maximum Gasteiger partial charge on any atom is 0.463 e. The van der Waals surface area contributed by atoms with Gasteiger partial charge in [-0.2, -0.15) is 0 Å². The predicted molar refractivity (Wildman–Crippen MR) is 156 cm³/mol. The van der Waals surface area contributed by atoms with E-state index in [2.05, 4.69) is 133 Å². The van der Waals surface area contributed by atoms with E-state index in [4.69, 9.17) is 18.6 Å². The first kappa shape index (κ1) is 25.7. The molecule has 0 atom stereocenters. The van der Waals surface area contributed by atoms with Crippen molar-refractivity contribution in [3.8, 4) is 5.69 Å². The molecule has 0 bridgehead atoms. The monoisotopic (exact) mass is 509 g/mol. The van der Waals surface area contributed by atoms with Crippen LogP contribution in [0.5, 0.6) is 0 Å². The zero-order chi connectivity index (χ0) is 27.1. The van der Waals surface area contributed by atoms with Crippen molar-refractivity contribution < 1.29 is 18.6 Å². The molecule has 0 saturated carbocycles. The summed E-state index contributed by atoms with van der Waals surface area (Å²) in [5, 5.41) is 2.38. The lowest BCUT2D eigenvalue weighted by Crippen LogP contribution is -2.41. The van der Waals surface area contributed by atoms with Gasteiger partial charge in [0.25, 0.3) is 0 Å². The lowest BCUT2D eigenvalue weighted by Gasteiger charge is -2.32. The van der Waals surface area contributed by atoms with Crippen LogP contribution in [0.15, 0.2) is 72.8 Å². The Labute approximate surface area is 226 Å². The van der Waals surface area contributed by atoms with Gasteiger partial charge in [-0.3, -0.25) is 0 Å². The molecule has 2 aliphatic rings. The van der Waals surface area contributed by atoms with Gasteiger partial charge in [-0.25, -0.2) is 0 Å². The zero-order valence-corrected chi connectivity index (χ0v) is 23.7. The summed E-state index contributed by atoms with van der Waals surface area (Å²) in [6.07, 6.45) is 0. The van der Waals surface area contributed by atoms with Gasteiger partial charge in [-0.05, 0) is 91.3 Å². The highest BCUT2D eigenvalue weighted by Crippen LogP contribution is 2.47. The maximum atomic E-state index is 6.62. The predicted octanol–water partition coefficient (Wildman–Crippen LogP) is 7.13. The van der Waals surface area contributed by atoms with Crippen LogP contribution in [0.25, 0.3) is 27.5 Å². The Balaban J connectivity index is 1.53. The van der Waals surface area contributed by atoms with Crippen molar-refractivity contribution in [2.24, 2.45) is 0 Å². The molecule has 6 rings (SSSR count). The van der Waals surface area contributed by atoms with E-state index in [1.54, 1.807) is 0 Å². The van der Waals surface area contributed by atoms with Crippen LogP contribution >= 0.6 is 0 Å². The van der Waals surface area contributed by atoms with Gasteiger partial charge in [-0.15, -0.1) is 0 Å². The molecule has 2 aliphatic heterocycles. The number of nitrogens with zero attached hydrogens (tertiary/aromatic N) is 1. The third-order valence-electron chi connectivity index (χ3n) is 9.23. The van der Waals surface area contributed by atoms with Crippen molar-refractivity contribution in [1.29, 1.82) is 0 Å². The summed E-state index contributed by atoms with van der Waals surface area (Å²) in [4.78, 5) is 0. The SMILES string of the molecule is CC1(C)OB(C(B2OC(C)(C)C(C)(C)O2)c2ccc3c(c2)c2ccccc2n3-c2ccccc2)OC1(C)C. The average molecular weight is 509 g/mol. The first-order valence-electron chi connectivity index (χ1n) is 13.6. The fourth-order valence-electron chi connectivity index (χ4n) is 5.57. The summed E-state index contributed by atoms with van der Waals surface area (Å²) in [5.74, 6) is 0. The highest BCUT2D eigenvalue weighted by Gasteiger charge is 2.62. The van der Waals surface area contributed by atoms with Crippen LogP contribution in [-0.2, 0) is 18.6 Å². The van der Waals surface area contributed by atoms with Crippen LogP contribution in [0, 0.1) is 0 Å². The summed E-state index contributed by atoms with van der Waals surface area (Å²) in [6.45, 7) is 16.7. The number of fused-ring (bicyclic) bond motifs is 3. The number of benzene rings is 3. The van der Waals surface area contributed by atoms with Gasteiger partial charge >= 0.3 is 14.2 Å². The topological polar surface area (TPSA) is 41.9 Å². The minimum atomic E-state index is -0.519. The molecule has 0 unspecified atom stereocenters. The van der Waals surface area contributed by atoms with Gasteiger partial charge in [-0.1, -0.05) is 42.5 Å². The second-order valence-electron chi connectivity index (χ2n) is 12.7. The lowest BCUT2D eigenvalue weighted by molar-refractivity contribution is 0.00578. The molecule has 2 saturated heterocycles. The Morgan fingerprint density at radius 2 is 1.03 bits per heavy atom. The van der Waals surface area contributed by atoms with Crippen LogP contribution in [0.4, 0.5) is 0 Å². The second kappa shape index (κ2) is 8.46. The van der Waals surface area contributed by atoms with E-state index in [0.717, 1.165) is 16.8 Å². The summed E-state index contributed by atoms with van der Waals surface area (Å²) < 4.78 is 28.8. The van der Waals surface area contributed by atoms with Crippen LogP contribution in [0.1, 0.15) is 66.7 Å². The Hall–Kier alpha value is -2.57. The smallest absolute Gasteiger partial charge is 0.403 e. The van der Waals surface area contributed by atoms with E-state index in [-0.39, 0.29) is 5.72 Å². The average Bonchev–Trinajstić information content (AvgIpc) is 3.36. The molecule has 38 heavy (non-hydrogen) atoms. The van der Waals surface area contributed by atoms with Gasteiger partial charge < -0.3 is 23.2 Å². The molecule has 7 heteroatoms. The zero-order valence-electron chi connectivity index (χ0n) is 23.7. The second-order valence-corrected chi connectivity index (χ2v) is 12.7. The van der Waals surface area contributed by atoms with E-state index in [1.165, 1.54) is 16.3 Å². The quantitative estimate of drug-likeness (QED) is 0.275. The van der Waals surface area contributed by atoms with Crippen molar-refractivity contribution in [3.05, 3.63) is 78.4 Å². The third-order valence-corrected chi connectivity index (χ3v) is 9.23. The standard InChI is InChI=1S/C31H37B2NO4/c1-28(2)29(3,4)36-32(35-28)27(33-37-30(5,6)31(7,8)38-33)21-18-19-26-24(20-21)23-16-12-13-17-25(23)34(26)22-14-10-9-11-15-22/h9-20,27H,1-8H3. The molecule has 0 radical (unpaired) electrons. The molecule has 0 N–H and O–H groups in total. The van der Waals surface area contributed by atoms with Gasteiger partial charge in [0.15, 0.2) is 0 Å². The van der Waals surface area contributed by atoms with Crippen LogP contribution in [0.2, 0.25) is 0 Å². The van der Waals surface area contributed by atoms with Gasteiger partial charge in [0.1, 0.15) is 0 Å². The number of rotatable bonds is 4. The molecule has 5 nitrogen and oxygen atoms in total.